The van der Waals surface area contributed by atoms with Crippen LogP contribution in [-0.2, 0) is 27.9 Å². The smallest absolute Gasteiger partial charge is 0.456 e. The number of carbonyl (C=O) groups is 2. The second-order valence-corrected chi connectivity index (χ2v) is 23.7. The fraction of sp³-hybridized carbons (Fsp3) is 0.785. The molecule has 0 aromatic rings. The van der Waals surface area contributed by atoms with Crippen LogP contribution < -0.4 is 5.32 Å². The van der Waals surface area contributed by atoms with Crippen molar-refractivity contribution in [1.82, 2.24) is 5.32 Å². The van der Waals surface area contributed by atoms with Crippen molar-refractivity contribution in [2.24, 2.45) is 0 Å². The highest BCUT2D eigenvalue weighted by Gasteiger charge is 2.30. The molecule has 0 rings (SSSR count). The molecule has 9 nitrogen and oxygen atoms in total. The number of nitrogens with zero attached hydrogens (tertiary/aromatic N) is 1. The van der Waals surface area contributed by atoms with Crippen LogP contribution in [0.5, 0.6) is 0 Å². The number of carbonyl (C=O) groups excluding carboxylic acids is 2. The number of nitrogens with one attached hydrogen (secondary N) is 1. The fourth-order valence-corrected chi connectivity index (χ4v) is 9.59. The number of phosphoric acid groups is 1. The zero-order chi connectivity index (χ0) is 55.0. The Balaban J connectivity index is 5.14. The van der Waals surface area contributed by atoms with Gasteiger partial charge in [-0.3, -0.25) is 18.6 Å². The van der Waals surface area contributed by atoms with Gasteiger partial charge in [0, 0.05) is 12.8 Å². The van der Waals surface area contributed by atoms with Crippen molar-refractivity contribution in [3.05, 3.63) is 72.9 Å². The Hall–Kier alpha value is -2.55. The van der Waals surface area contributed by atoms with E-state index in [0.717, 1.165) is 83.5 Å². The second-order valence-electron chi connectivity index (χ2n) is 22.3. The van der Waals surface area contributed by atoms with Crippen LogP contribution in [0.15, 0.2) is 72.9 Å². The number of hydrogen-bond acceptors (Lipinski definition) is 6. The average molecular weight is 1070 g/mol. The van der Waals surface area contributed by atoms with Gasteiger partial charge < -0.3 is 19.4 Å². The predicted molar refractivity (Wildman–Crippen MR) is 323 cm³/mol. The summed E-state index contributed by atoms with van der Waals surface area (Å²) in [5.41, 5.74) is 0. The fourth-order valence-electron chi connectivity index (χ4n) is 8.85. The standard InChI is InChI=1S/C65H119N2O7P/c1-7-10-13-16-19-22-25-27-29-30-31-32-33-34-35-36-38-39-42-45-48-51-54-57-64(68)66-62(61-73-75(70,71)72-60-59-67(4,5)6)63(56-53-50-47-44-41-24-21-18-15-12-9-3)74-65(69)58-55-52-49-46-43-40-37-28-26-23-20-17-14-11-8-2/h11,14,17,19-20,22-23,26-27,29,53,56,62-63H,7-10,12-13,15-16,18,21,24-25,28,30-52,54-55,57-61H2,1-6H3,(H-,66,68,70,71)/p+1/b14-11+,20-17+,22-19-,26-23+,29-27-,56-53-. The third kappa shape index (κ3) is 56.0. The Bertz CT molecular complexity index is 1510. The van der Waals surface area contributed by atoms with E-state index < -0.39 is 20.0 Å². The highest BCUT2D eigenvalue weighted by Crippen LogP contribution is 2.43. The summed E-state index contributed by atoms with van der Waals surface area (Å²) in [6.45, 7) is 6.86. The summed E-state index contributed by atoms with van der Waals surface area (Å²) in [6.07, 6.45) is 70.4. The van der Waals surface area contributed by atoms with Crippen LogP contribution in [-0.4, -0.2) is 74.3 Å². The number of quaternary nitrogens is 1. The monoisotopic (exact) mass is 1070 g/mol. The minimum Gasteiger partial charge on any atom is -0.456 e. The lowest BCUT2D eigenvalue weighted by atomic mass is 10.0. The Labute approximate surface area is 463 Å². The number of unbranched alkanes of at least 4 members (excludes halogenated alkanes) is 32. The number of esters is 1. The first kappa shape index (κ1) is 72.5. The molecule has 10 heteroatoms. The highest BCUT2D eigenvalue weighted by atomic mass is 31.2. The van der Waals surface area contributed by atoms with Gasteiger partial charge in [-0.15, -0.1) is 0 Å². The first-order valence-electron chi connectivity index (χ1n) is 31.3. The van der Waals surface area contributed by atoms with Gasteiger partial charge in [0.1, 0.15) is 19.3 Å². The molecule has 0 saturated carbocycles. The zero-order valence-corrected chi connectivity index (χ0v) is 50.7. The van der Waals surface area contributed by atoms with Crippen LogP contribution in [0.4, 0.5) is 0 Å². The second kappa shape index (κ2) is 54.8. The van der Waals surface area contributed by atoms with E-state index in [1.54, 1.807) is 0 Å². The molecule has 0 bridgehead atoms. The summed E-state index contributed by atoms with van der Waals surface area (Å²) >= 11 is 0. The minimum absolute atomic E-state index is 0.0362. The van der Waals surface area contributed by atoms with Gasteiger partial charge in [0.05, 0.1) is 33.8 Å². The van der Waals surface area contributed by atoms with Crippen LogP contribution in [0, 0.1) is 0 Å². The van der Waals surface area contributed by atoms with Gasteiger partial charge in [0.25, 0.3) is 0 Å². The van der Waals surface area contributed by atoms with Crippen LogP contribution in [0.25, 0.3) is 0 Å². The zero-order valence-electron chi connectivity index (χ0n) is 49.8. The van der Waals surface area contributed by atoms with E-state index in [1.807, 2.05) is 33.3 Å². The Morgan fingerprint density at radius 1 is 0.493 bits per heavy atom. The molecule has 0 aliphatic carbocycles. The molecule has 0 saturated heterocycles. The Morgan fingerprint density at radius 2 is 0.907 bits per heavy atom. The number of likely N-dealkylation sites (N-methyl/N-ethyl adjacent to an activating group) is 1. The Kier molecular flexibility index (Phi) is 52.9. The van der Waals surface area contributed by atoms with Gasteiger partial charge in [-0.05, 0) is 83.1 Å². The van der Waals surface area contributed by atoms with Crippen LogP contribution >= 0.6 is 7.82 Å². The molecule has 1 amide bonds. The molecular weight excluding hydrogens is 952 g/mol. The van der Waals surface area contributed by atoms with Gasteiger partial charge in [-0.1, -0.05) is 255 Å². The van der Waals surface area contributed by atoms with E-state index in [9.17, 15) is 19.0 Å². The van der Waals surface area contributed by atoms with Crippen LogP contribution in [0.3, 0.4) is 0 Å². The number of phosphoric ester groups is 1. The molecule has 3 atom stereocenters. The molecule has 0 aromatic heterocycles. The van der Waals surface area contributed by atoms with Gasteiger partial charge in [0.15, 0.2) is 0 Å². The molecule has 0 aliphatic heterocycles. The van der Waals surface area contributed by atoms with Crippen molar-refractivity contribution in [3.8, 4) is 0 Å². The minimum atomic E-state index is -4.45. The van der Waals surface area contributed by atoms with E-state index in [2.05, 4.69) is 86.8 Å². The summed E-state index contributed by atoms with van der Waals surface area (Å²) in [4.78, 5) is 37.7. The maximum Gasteiger partial charge on any atom is 0.472 e. The number of rotatable bonds is 56. The molecule has 75 heavy (non-hydrogen) atoms. The molecule has 0 fully saturated rings. The average Bonchev–Trinajstić information content (AvgIpc) is 3.37. The van der Waals surface area contributed by atoms with E-state index in [0.29, 0.717) is 17.4 Å². The van der Waals surface area contributed by atoms with E-state index in [-0.39, 0.29) is 31.5 Å². The third-order valence-corrected chi connectivity index (χ3v) is 14.7. The third-order valence-electron chi connectivity index (χ3n) is 13.7. The molecule has 0 radical (unpaired) electrons. The van der Waals surface area contributed by atoms with Gasteiger partial charge in [0.2, 0.25) is 5.91 Å². The lowest BCUT2D eigenvalue weighted by Crippen LogP contribution is -2.47. The summed E-state index contributed by atoms with van der Waals surface area (Å²) in [5.74, 6) is -0.517. The lowest BCUT2D eigenvalue weighted by Gasteiger charge is -2.27. The van der Waals surface area contributed by atoms with E-state index in [4.69, 9.17) is 13.8 Å². The van der Waals surface area contributed by atoms with Crippen molar-refractivity contribution in [2.45, 2.75) is 290 Å². The number of allylic oxidation sites excluding steroid dienone is 11. The molecule has 0 heterocycles. The maximum atomic E-state index is 13.5. The van der Waals surface area contributed by atoms with Gasteiger partial charge >= 0.3 is 13.8 Å². The topological polar surface area (TPSA) is 111 Å². The van der Waals surface area contributed by atoms with Crippen LogP contribution in [0.2, 0.25) is 0 Å². The summed E-state index contributed by atoms with van der Waals surface area (Å²) < 4.78 is 30.7. The quantitative estimate of drug-likeness (QED) is 0.0156. The molecule has 436 valence electrons. The van der Waals surface area contributed by atoms with Crippen molar-refractivity contribution in [2.75, 3.05) is 40.9 Å². The SMILES string of the molecule is CC/C=C/C=C/C=C/CCCCCCCCCC(=O)OC(/C=C\CCCCCCCCCCC)C(COP(=O)(O)OCC[N+](C)(C)C)NC(=O)CCCCCCCCCCCCCCC/C=C\C/C=C\CCCCC. The van der Waals surface area contributed by atoms with Crippen molar-refractivity contribution in [3.63, 3.8) is 0 Å². The Morgan fingerprint density at radius 3 is 1.40 bits per heavy atom. The normalized spacial score (nSPS) is 14.2. The van der Waals surface area contributed by atoms with Crippen LogP contribution in [0.1, 0.15) is 278 Å². The largest absolute Gasteiger partial charge is 0.472 e. The first-order valence-corrected chi connectivity index (χ1v) is 32.8. The number of hydrogen-bond donors (Lipinski definition) is 2. The molecule has 0 spiro atoms. The van der Waals surface area contributed by atoms with E-state index >= 15 is 0 Å². The first-order chi connectivity index (χ1) is 36.4. The van der Waals surface area contributed by atoms with Crippen molar-refractivity contribution in [1.29, 1.82) is 0 Å². The summed E-state index contributed by atoms with van der Waals surface area (Å²) in [5, 5.41) is 3.05. The number of amides is 1. The molecule has 0 aromatic carbocycles. The van der Waals surface area contributed by atoms with Crippen molar-refractivity contribution >= 4 is 19.7 Å². The summed E-state index contributed by atoms with van der Waals surface area (Å²) in [7, 11) is 1.49. The summed E-state index contributed by atoms with van der Waals surface area (Å²) in [6, 6.07) is -0.855. The highest BCUT2D eigenvalue weighted by molar-refractivity contribution is 7.47. The lowest BCUT2D eigenvalue weighted by molar-refractivity contribution is -0.870. The maximum absolute atomic E-state index is 13.5. The molecule has 3 unspecified atom stereocenters. The van der Waals surface area contributed by atoms with Gasteiger partial charge in [-0.2, -0.15) is 0 Å². The molecule has 2 N–H and O–H groups in total. The number of ether oxygens (including phenoxy) is 1. The molecule has 0 aliphatic rings. The predicted octanol–water partition coefficient (Wildman–Crippen LogP) is 19.2. The van der Waals surface area contributed by atoms with Gasteiger partial charge in [-0.25, -0.2) is 4.57 Å². The van der Waals surface area contributed by atoms with E-state index in [1.165, 1.54) is 161 Å². The van der Waals surface area contributed by atoms with Crippen molar-refractivity contribution < 1.29 is 37.3 Å². The molecular formula is C65H120N2O7P+.